The first kappa shape index (κ1) is 21.0. The Morgan fingerprint density at radius 2 is 1.81 bits per heavy atom. The summed E-state index contributed by atoms with van der Waals surface area (Å²) in [6.07, 6.45) is 1.80. The van der Waals surface area contributed by atoms with E-state index in [1.54, 1.807) is 6.92 Å². The zero-order valence-corrected chi connectivity index (χ0v) is 18.4. The van der Waals surface area contributed by atoms with Gasteiger partial charge in [0.15, 0.2) is 0 Å². The molecule has 1 aromatic heterocycles. The van der Waals surface area contributed by atoms with Crippen LogP contribution in [-0.4, -0.2) is 41.3 Å². The van der Waals surface area contributed by atoms with E-state index in [1.165, 1.54) is 5.56 Å². The number of pyridine rings is 1. The number of aromatic nitrogens is 1. The summed E-state index contributed by atoms with van der Waals surface area (Å²) < 4.78 is 0. The van der Waals surface area contributed by atoms with Crippen LogP contribution in [-0.2, 0) is 4.79 Å². The van der Waals surface area contributed by atoms with E-state index in [4.69, 9.17) is 4.98 Å². The maximum atomic E-state index is 13.5. The highest BCUT2D eigenvalue weighted by Crippen LogP contribution is 2.29. The lowest BCUT2D eigenvalue weighted by Gasteiger charge is -2.32. The molecule has 2 aromatic carbocycles. The third-order valence-corrected chi connectivity index (χ3v) is 6.15. The molecule has 1 N–H and O–H groups in total. The Balaban J connectivity index is 1.64. The highest BCUT2D eigenvalue weighted by molar-refractivity contribution is 6.07. The van der Waals surface area contributed by atoms with Crippen LogP contribution in [0.3, 0.4) is 0 Å². The van der Waals surface area contributed by atoms with Crippen molar-refractivity contribution >= 4 is 22.7 Å². The molecule has 5 heteroatoms. The summed E-state index contributed by atoms with van der Waals surface area (Å²) in [5, 5.41) is 3.79. The average Bonchev–Trinajstić information content (AvgIpc) is 2.77. The van der Waals surface area contributed by atoms with Crippen molar-refractivity contribution < 1.29 is 9.59 Å². The van der Waals surface area contributed by atoms with Crippen molar-refractivity contribution in [3.8, 4) is 11.3 Å². The molecule has 5 nitrogen and oxygen atoms in total. The summed E-state index contributed by atoms with van der Waals surface area (Å²) in [5.74, 6) is 0.483. The van der Waals surface area contributed by atoms with Gasteiger partial charge in [-0.15, -0.1) is 0 Å². The first-order valence-electron chi connectivity index (χ1n) is 10.9. The van der Waals surface area contributed by atoms with Crippen LogP contribution in [0.4, 0.5) is 0 Å². The molecule has 1 fully saturated rings. The highest BCUT2D eigenvalue weighted by Gasteiger charge is 2.25. The zero-order valence-electron chi connectivity index (χ0n) is 18.4. The molecule has 0 unspecified atom stereocenters. The fraction of sp³-hybridized carbons (Fsp3) is 0.346. The quantitative estimate of drug-likeness (QED) is 0.682. The van der Waals surface area contributed by atoms with Crippen LogP contribution >= 0.6 is 0 Å². The minimum absolute atomic E-state index is 0.000639. The van der Waals surface area contributed by atoms with Gasteiger partial charge in [0.25, 0.3) is 5.91 Å². The van der Waals surface area contributed by atoms with Gasteiger partial charge in [-0.2, -0.15) is 0 Å². The number of carbonyl (C=O) groups is 2. The smallest absolute Gasteiger partial charge is 0.254 e. The van der Waals surface area contributed by atoms with Gasteiger partial charge in [0.1, 0.15) is 0 Å². The van der Waals surface area contributed by atoms with E-state index in [0.29, 0.717) is 31.1 Å². The molecule has 0 atom stereocenters. The Bertz CT molecular complexity index is 1130. The second-order valence-corrected chi connectivity index (χ2v) is 8.56. The molecule has 2 amide bonds. The van der Waals surface area contributed by atoms with E-state index >= 15 is 0 Å². The minimum atomic E-state index is 0.000639. The average molecular weight is 416 g/mol. The number of aryl methyl sites for hydroxylation is 2. The standard InChI is InChI=1S/C26H29N3O2/c1-17-8-9-21(18(2)14-17)25-15-23(22-6-4-5-7-24(22)28-25)26(31)29-12-10-20(11-13-29)16-27-19(3)30/h4-9,14-15,20H,10-13,16H2,1-3H3,(H,27,30). The van der Waals surface area contributed by atoms with Gasteiger partial charge in [-0.3, -0.25) is 9.59 Å². The number of benzene rings is 2. The molecule has 0 bridgehead atoms. The fourth-order valence-electron chi connectivity index (χ4n) is 4.39. The topological polar surface area (TPSA) is 62.3 Å². The lowest BCUT2D eigenvalue weighted by Crippen LogP contribution is -2.41. The summed E-state index contributed by atoms with van der Waals surface area (Å²) in [5.41, 5.74) is 5.80. The van der Waals surface area contributed by atoms with Gasteiger partial charge >= 0.3 is 0 Å². The number of hydrogen-bond donors (Lipinski definition) is 1. The van der Waals surface area contributed by atoms with Gasteiger partial charge < -0.3 is 10.2 Å². The molecule has 160 valence electrons. The Labute approximate surface area is 183 Å². The molecule has 0 radical (unpaired) electrons. The van der Waals surface area contributed by atoms with Crippen LogP contribution in [0.1, 0.15) is 41.3 Å². The largest absolute Gasteiger partial charge is 0.356 e. The van der Waals surface area contributed by atoms with Gasteiger partial charge in [-0.1, -0.05) is 42.0 Å². The SMILES string of the molecule is CC(=O)NCC1CCN(C(=O)c2cc(-c3ccc(C)cc3C)nc3ccccc23)CC1. The van der Waals surface area contributed by atoms with Crippen LogP contribution in [0.2, 0.25) is 0 Å². The molecule has 1 aliphatic heterocycles. The number of para-hydroxylation sites is 1. The van der Waals surface area contributed by atoms with Crippen molar-refractivity contribution in [1.82, 2.24) is 15.2 Å². The summed E-state index contributed by atoms with van der Waals surface area (Å²) >= 11 is 0. The van der Waals surface area contributed by atoms with Crippen molar-refractivity contribution in [3.63, 3.8) is 0 Å². The van der Waals surface area contributed by atoms with Crippen molar-refractivity contribution in [3.05, 3.63) is 65.2 Å². The van der Waals surface area contributed by atoms with Gasteiger partial charge in [0.2, 0.25) is 5.91 Å². The predicted octanol–water partition coefficient (Wildman–Crippen LogP) is 4.51. The van der Waals surface area contributed by atoms with Crippen LogP contribution in [0.15, 0.2) is 48.5 Å². The van der Waals surface area contributed by atoms with E-state index in [2.05, 4.69) is 37.4 Å². The number of amides is 2. The van der Waals surface area contributed by atoms with Crippen LogP contribution in [0.25, 0.3) is 22.2 Å². The van der Waals surface area contributed by atoms with Gasteiger partial charge in [-0.05, 0) is 50.3 Å². The molecule has 0 saturated carbocycles. The fourth-order valence-corrected chi connectivity index (χ4v) is 4.39. The minimum Gasteiger partial charge on any atom is -0.356 e. The van der Waals surface area contributed by atoms with Crippen molar-refractivity contribution in [2.75, 3.05) is 19.6 Å². The Kier molecular flexibility index (Phi) is 6.03. The normalized spacial score (nSPS) is 14.6. The van der Waals surface area contributed by atoms with Gasteiger partial charge in [-0.25, -0.2) is 4.98 Å². The number of carbonyl (C=O) groups excluding carboxylic acids is 2. The van der Waals surface area contributed by atoms with Crippen LogP contribution in [0.5, 0.6) is 0 Å². The van der Waals surface area contributed by atoms with E-state index in [1.807, 2.05) is 35.2 Å². The van der Waals surface area contributed by atoms with Crippen LogP contribution < -0.4 is 5.32 Å². The molecule has 4 rings (SSSR count). The Morgan fingerprint density at radius 3 is 2.52 bits per heavy atom. The van der Waals surface area contributed by atoms with Gasteiger partial charge in [0.05, 0.1) is 16.8 Å². The first-order valence-corrected chi connectivity index (χ1v) is 10.9. The second-order valence-electron chi connectivity index (χ2n) is 8.56. The van der Waals surface area contributed by atoms with E-state index in [0.717, 1.165) is 40.6 Å². The number of nitrogens with one attached hydrogen (secondary N) is 1. The van der Waals surface area contributed by atoms with Crippen molar-refractivity contribution in [2.24, 2.45) is 5.92 Å². The molecular weight excluding hydrogens is 386 g/mol. The summed E-state index contributed by atoms with van der Waals surface area (Å²) in [7, 11) is 0. The molecule has 2 heterocycles. The maximum Gasteiger partial charge on any atom is 0.254 e. The molecule has 31 heavy (non-hydrogen) atoms. The highest BCUT2D eigenvalue weighted by atomic mass is 16.2. The second kappa shape index (κ2) is 8.88. The number of piperidine rings is 1. The number of rotatable bonds is 4. The molecule has 0 aliphatic carbocycles. The van der Waals surface area contributed by atoms with E-state index < -0.39 is 0 Å². The van der Waals surface area contributed by atoms with Gasteiger partial charge in [0, 0.05) is 37.5 Å². The third-order valence-electron chi connectivity index (χ3n) is 6.15. The molecule has 1 aliphatic rings. The first-order chi connectivity index (χ1) is 14.9. The summed E-state index contributed by atoms with van der Waals surface area (Å²) in [6.45, 7) is 7.81. The predicted molar refractivity (Wildman–Crippen MR) is 124 cm³/mol. The number of nitrogens with zero attached hydrogens (tertiary/aromatic N) is 2. The number of fused-ring (bicyclic) bond motifs is 1. The third kappa shape index (κ3) is 4.61. The molecule has 0 spiro atoms. The van der Waals surface area contributed by atoms with E-state index in [-0.39, 0.29) is 11.8 Å². The molecule has 3 aromatic rings. The Morgan fingerprint density at radius 1 is 1.06 bits per heavy atom. The number of hydrogen-bond acceptors (Lipinski definition) is 3. The lowest BCUT2D eigenvalue weighted by atomic mass is 9.95. The van der Waals surface area contributed by atoms with Crippen molar-refractivity contribution in [2.45, 2.75) is 33.6 Å². The molecule has 1 saturated heterocycles. The van der Waals surface area contributed by atoms with Crippen LogP contribution in [0, 0.1) is 19.8 Å². The maximum absolute atomic E-state index is 13.5. The lowest BCUT2D eigenvalue weighted by molar-refractivity contribution is -0.119. The summed E-state index contributed by atoms with van der Waals surface area (Å²) in [6, 6.07) is 16.1. The molecular formula is C26H29N3O2. The number of likely N-dealkylation sites (tertiary alicyclic amines) is 1. The van der Waals surface area contributed by atoms with E-state index in [9.17, 15) is 9.59 Å². The van der Waals surface area contributed by atoms with Crippen molar-refractivity contribution in [1.29, 1.82) is 0 Å². The monoisotopic (exact) mass is 415 g/mol. The Hall–Kier alpha value is -3.21. The summed E-state index contributed by atoms with van der Waals surface area (Å²) in [4.78, 5) is 31.5. The zero-order chi connectivity index (χ0) is 22.0.